The lowest BCUT2D eigenvalue weighted by molar-refractivity contribution is -0.146. The highest BCUT2D eigenvalue weighted by atomic mass is 79.9. The van der Waals surface area contributed by atoms with Crippen molar-refractivity contribution >= 4 is 39.3 Å². The van der Waals surface area contributed by atoms with Gasteiger partial charge in [-0.1, -0.05) is 15.9 Å². The fraction of sp³-hybridized carbons (Fsp3) is 0.471. The first kappa shape index (κ1) is 15.8. The Morgan fingerprint density at radius 2 is 1.71 bits per heavy atom. The lowest BCUT2D eigenvalue weighted by Gasteiger charge is -2.36. The summed E-state index contributed by atoms with van der Waals surface area (Å²) in [6, 6.07) is 6.16. The minimum atomic E-state index is -0.717. The highest BCUT2D eigenvalue weighted by Gasteiger charge is 2.66. The van der Waals surface area contributed by atoms with Crippen LogP contribution in [0.3, 0.4) is 0 Å². The van der Waals surface area contributed by atoms with Crippen LogP contribution in [0.25, 0.3) is 0 Å². The summed E-state index contributed by atoms with van der Waals surface area (Å²) < 4.78 is 0.876. The standard InChI is InChI=1S/C17H18BrN3O3/c1-9-13-14(20-12(22)8-17(2,3)21(9)20)16(24)19(15(13)23)11-6-4-10(18)5-7-11/h4-7,9,13-14H,8H2,1-3H3/t9-,13+,14-/m1/s1. The van der Waals surface area contributed by atoms with Crippen LogP contribution in [0.15, 0.2) is 28.7 Å². The molecule has 0 aliphatic carbocycles. The molecule has 3 atom stereocenters. The average molecular weight is 392 g/mol. The van der Waals surface area contributed by atoms with Crippen LogP contribution in [-0.4, -0.2) is 45.4 Å². The zero-order valence-electron chi connectivity index (χ0n) is 13.7. The Hall–Kier alpha value is -1.73. The molecule has 6 nitrogen and oxygen atoms in total. The number of halogens is 1. The lowest BCUT2D eigenvalue weighted by atomic mass is 9.92. The Labute approximate surface area is 148 Å². The quantitative estimate of drug-likeness (QED) is 0.686. The third-order valence-electron chi connectivity index (χ3n) is 5.26. The van der Waals surface area contributed by atoms with Gasteiger partial charge in [0.05, 0.1) is 11.6 Å². The molecule has 0 bridgehead atoms. The van der Waals surface area contributed by atoms with E-state index in [9.17, 15) is 14.4 Å². The summed E-state index contributed by atoms with van der Waals surface area (Å²) in [5.74, 6) is -1.13. The molecule has 3 aliphatic heterocycles. The zero-order chi connectivity index (χ0) is 17.4. The van der Waals surface area contributed by atoms with Gasteiger partial charge in [0.1, 0.15) is 6.04 Å². The van der Waals surface area contributed by atoms with Crippen molar-refractivity contribution in [2.45, 2.75) is 44.8 Å². The van der Waals surface area contributed by atoms with Gasteiger partial charge in [0.25, 0.3) is 5.91 Å². The van der Waals surface area contributed by atoms with Crippen LogP contribution in [0.2, 0.25) is 0 Å². The maximum absolute atomic E-state index is 13.0. The molecule has 0 spiro atoms. The molecule has 0 N–H and O–H groups in total. The number of carbonyl (C=O) groups is 3. The second-order valence-electron chi connectivity index (χ2n) is 7.27. The van der Waals surface area contributed by atoms with Crippen LogP contribution in [0.5, 0.6) is 0 Å². The Morgan fingerprint density at radius 1 is 1.08 bits per heavy atom. The molecule has 3 amide bonds. The summed E-state index contributed by atoms with van der Waals surface area (Å²) in [4.78, 5) is 39.7. The second-order valence-corrected chi connectivity index (χ2v) is 8.19. The van der Waals surface area contributed by atoms with E-state index in [1.807, 2.05) is 25.8 Å². The number of carbonyl (C=O) groups excluding carboxylic acids is 3. The predicted molar refractivity (Wildman–Crippen MR) is 90.8 cm³/mol. The summed E-state index contributed by atoms with van der Waals surface area (Å²) in [6.07, 6.45) is 0.361. The monoisotopic (exact) mass is 391 g/mol. The van der Waals surface area contributed by atoms with E-state index >= 15 is 0 Å². The van der Waals surface area contributed by atoms with Crippen molar-refractivity contribution < 1.29 is 14.4 Å². The van der Waals surface area contributed by atoms with Crippen LogP contribution in [0, 0.1) is 5.92 Å². The Bertz CT molecular complexity index is 761. The number of fused-ring (bicyclic) bond motifs is 3. The maximum atomic E-state index is 13.0. The van der Waals surface area contributed by atoms with Gasteiger partial charge in [-0.05, 0) is 45.0 Å². The number of hydrazine groups is 1. The summed E-state index contributed by atoms with van der Waals surface area (Å²) in [6.45, 7) is 5.88. The fourth-order valence-electron chi connectivity index (χ4n) is 4.38. The van der Waals surface area contributed by atoms with Crippen LogP contribution in [0.4, 0.5) is 5.69 Å². The summed E-state index contributed by atoms with van der Waals surface area (Å²) >= 11 is 3.35. The molecular weight excluding hydrogens is 374 g/mol. The Balaban J connectivity index is 1.76. The van der Waals surface area contributed by atoms with Gasteiger partial charge >= 0.3 is 0 Å². The summed E-state index contributed by atoms with van der Waals surface area (Å²) in [5.41, 5.74) is 0.177. The number of benzene rings is 1. The van der Waals surface area contributed by atoms with Gasteiger partial charge in [-0.3, -0.25) is 19.4 Å². The van der Waals surface area contributed by atoms with Crippen molar-refractivity contribution in [2.24, 2.45) is 5.92 Å². The smallest absolute Gasteiger partial charge is 0.259 e. The number of nitrogens with zero attached hydrogens (tertiary/aromatic N) is 3. The SMILES string of the molecule is C[C@@H]1[C@@H]2C(=O)N(c3ccc(Br)cc3)C(=O)[C@@H]2N2C(=O)CC(C)(C)N12. The minimum Gasteiger partial charge on any atom is -0.274 e. The van der Waals surface area contributed by atoms with Gasteiger partial charge in [0.15, 0.2) is 0 Å². The first-order valence-corrected chi connectivity index (χ1v) is 8.78. The number of anilines is 1. The molecule has 3 fully saturated rings. The van der Waals surface area contributed by atoms with Gasteiger partial charge in [-0.25, -0.2) is 9.91 Å². The minimum absolute atomic E-state index is 0.0850. The Morgan fingerprint density at radius 3 is 2.33 bits per heavy atom. The van der Waals surface area contributed by atoms with E-state index < -0.39 is 12.0 Å². The molecule has 3 aliphatic rings. The Kier molecular flexibility index (Phi) is 3.22. The second kappa shape index (κ2) is 4.89. The third kappa shape index (κ3) is 1.88. The largest absolute Gasteiger partial charge is 0.274 e. The van der Waals surface area contributed by atoms with Crippen LogP contribution >= 0.6 is 15.9 Å². The number of imide groups is 1. The predicted octanol–water partition coefficient (Wildman–Crippen LogP) is 1.94. The molecule has 3 saturated heterocycles. The van der Waals surface area contributed by atoms with Crippen molar-refractivity contribution in [1.29, 1.82) is 0 Å². The molecule has 3 heterocycles. The van der Waals surface area contributed by atoms with Crippen molar-refractivity contribution in [3.05, 3.63) is 28.7 Å². The van der Waals surface area contributed by atoms with Crippen LogP contribution in [-0.2, 0) is 14.4 Å². The molecule has 24 heavy (non-hydrogen) atoms. The number of hydrogen-bond acceptors (Lipinski definition) is 4. The number of hydrogen-bond donors (Lipinski definition) is 0. The van der Waals surface area contributed by atoms with Gasteiger partial charge in [-0.15, -0.1) is 0 Å². The molecule has 1 aromatic carbocycles. The highest BCUT2D eigenvalue weighted by molar-refractivity contribution is 9.10. The van der Waals surface area contributed by atoms with Crippen LogP contribution < -0.4 is 4.90 Å². The molecule has 0 radical (unpaired) electrons. The van der Waals surface area contributed by atoms with E-state index in [0.29, 0.717) is 12.1 Å². The highest BCUT2D eigenvalue weighted by Crippen LogP contribution is 2.47. The van der Waals surface area contributed by atoms with Crippen LogP contribution in [0.1, 0.15) is 27.2 Å². The van der Waals surface area contributed by atoms with Crippen molar-refractivity contribution in [1.82, 2.24) is 10.0 Å². The van der Waals surface area contributed by atoms with Gasteiger partial charge < -0.3 is 0 Å². The van der Waals surface area contributed by atoms with E-state index in [0.717, 1.165) is 4.47 Å². The molecular formula is C17H18BrN3O3. The molecule has 1 aromatic rings. The molecule has 0 aromatic heterocycles. The third-order valence-corrected chi connectivity index (χ3v) is 5.79. The number of rotatable bonds is 1. The average Bonchev–Trinajstić information content (AvgIpc) is 3.03. The normalized spacial score (nSPS) is 31.8. The van der Waals surface area contributed by atoms with E-state index in [4.69, 9.17) is 0 Å². The van der Waals surface area contributed by atoms with E-state index in [-0.39, 0.29) is 29.3 Å². The molecule has 7 heteroatoms. The molecule has 0 saturated carbocycles. The van der Waals surface area contributed by atoms with Gasteiger partial charge in [0, 0.05) is 22.5 Å². The van der Waals surface area contributed by atoms with E-state index in [2.05, 4.69) is 15.9 Å². The van der Waals surface area contributed by atoms with Crippen molar-refractivity contribution in [3.8, 4) is 0 Å². The van der Waals surface area contributed by atoms with Crippen molar-refractivity contribution in [3.63, 3.8) is 0 Å². The van der Waals surface area contributed by atoms with Crippen molar-refractivity contribution in [2.75, 3.05) is 4.90 Å². The van der Waals surface area contributed by atoms with E-state index in [1.54, 1.807) is 24.3 Å². The van der Waals surface area contributed by atoms with E-state index in [1.165, 1.54) is 9.91 Å². The summed E-state index contributed by atoms with van der Waals surface area (Å²) in [7, 11) is 0. The maximum Gasteiger partial charge on any atom is 0.259 e. The molecule has 0 unspecified atom stereocenters. The lowest BCUT2D eigenvalue weighted by Crippen LogP contribution is -2.51. The van der Waals surface area contributed by atoms with Gasteiger partial charge in [0.2, 0.25) is 11.8 Å². The molecule has 4 rings (SSSR count). The molecule has 126 valence electrons. The first-order chi connectivity index (χ1) is 11.2. The topological polar surface area (TPSA) is 60.9 Å². The van der Waals surface area contributed by atoms with Gasteiger partial charge in [-0.2, -0.15) is 0 Å². The summed E-state index contributed by atoms with van der Waals surface area (Å²) in [5, 5.41) is 3.47. The first-order valence-electron chi connectivity index (χ1n) is 7.99. The number of amides is 3. The fourth-order valence-corrected chi connectivity index (χ4v) is 4.65. The zero-order valence-corrected chi connectivity index (χ0v) is 15.3.